The zero-order valence-corrected chi connectivity index (χ0v) is 9.86. The van der Waals surface area contributed by atoms with Crippen LogP contribution in [0.2, 0.25) is 0 Å². The van der Waals surface area contributed by atoms with Gasteiger partial charge in [-0.25, -0.2) is 0 Å². The van der Waals surface area contributed by atoms with Crippen LogP contribution >= 0.6 is 0 Å². The van der Waals surface area contributed by atoms with Crippen LogP contribution < -0.4 is 10.1 Å². The Balaban J connectivity index is 2.30. The fraction of sp³-hybridized carbons (Fsp3) is 0.538. The molecule has 1 aromatic rings. The molecule has 2 rings (SSSR count). The largest absolute Gasteiger partial charge is 0.492 e. The van der Waals surface area contributed by atoms with E-state index in [4.69, 9.17) is 4.74 Å². The third-order valence-electron chi connectivity index (χ3n) is 3.20. The van der Waals surface area contributed by atoms with Crippen molar-refractivity contribution in [2.45, 2.75) is 31.9 Å². The van der Waals surface area contributed by atoms with Crippen LogP contribution in [0.5, 0.6) is 5.75 Å². The summed E-state index contributed by atoms with van der Waals surface area (Å²) in [5.41, 5.74) is 2.17. The quantitative estimate of drug-likeness (QED) is 0.798. The molecule has 0 amide bonds. The topological polar surface area (TPSA) is 41.5 Å². The summed E-state index contributed by atoms with van der Waals surface area (Å²) in [7, 11) is 1.90. The van der Waals surface area contributed by atoms with Gasteiger partial charge in [0.25, 0.3) is 0 Å². The summed E-state index contributed by atoms with van der Waals surface area (Å²) >= 11 is 0. The van der Waals surface area contributed by atoms with E-state index in [1.165, 1.54) is 5.56 Å². The standard InChI is InChI=1S/C13H19NO2/c1-3-9-4-5-13-11(6-9)12(15)7-10(14-2)8-16-13/h4-6,10,12,14-15H,3,7-8H2,1-2H3/t10-,12+/m0/s1. The van der Waals surface area contributed by atoms with Crippen LogP contribution in [0.25, 0.3) is 0 Å². The number of likely N-dealkylation sites (N-methyl/N-ethyl adjacent to an activating group) is 1. The summed E-state index contributed by atoms with van der Waals surface area (Å²) < 4.78 is 5.70. The second kappa shape index (κ2) is 4.85. The predicted octanol–water partition coefficient (Wildman–Crippen LogP) is 1.65. The summed E-state index contributed by atoms with van der Waals surface area (Å²) in [6.07, 6.45) is 1.26. The molecule has 1 heterocycles. The van der Waals surface area contributed by atoms with Crippen LogP contribution in [0.3, 0.4) is 0 Å². The van der Waals surface area contributed by atoms with E-state index in [0.717, 1.165) is 17.7 Å². The minimum atomic E-state index is -0.429. The molecule has 3 heteroatoms. The fourth-order valence-electron chi connectivity index (χ4n) is 2.07. The molecular formula is C13H19NO2. The average Bonchev–Trinajstić information content (AvgIpc) is 2.48. The summed E-state index contributed by atoms with van der Waals surface area (Å²) in [6.45, 7) is 2.73. The molecule has 2 N–H and O–H groups in total. The first-order valence-corrected chi connectivity index (χ1v) is 5.85. The van der Waals surface area contributed by atoms with E-state index in [9.17, 15) is 5.11 Å². The number of aliphatic hydroxyl groups excluding tert-OH is 1. The second-order valence-corrected chi connectivity index (χ2v) is 4.27. The molecule has 0 fully saturated rings. The van der Waals surface area contributed by atoms with E-state index in [-0.39, 0.29) is 6.04 Å². The zero-order valence-electron chi connectivity index (χ0n) is 9.86. The van der Waals surface area contributed by atoms with Crippen LogP contribution in [0.1, 0.15) is 30.6 Å². The summed E-state index contributed by atoms with van der Waals surface area (Å²) in [4.78, 5) is 0. The Morgan fingerprint density at radius 2 is 2.31 bits per heavy atom. The number of fused-ring (bicyclic) bond motifs is 1. The lowest BCUT2D eigenvalue weighted by molar-refractivity contribution is 0.153. The Kier molecular flexibility index (Phi) is 3.46. The normalized spacial score (nSPS) is 24.4. The molecule has 2 atom stereocenters. The van der Waals surface area contributed by atoms with Crippen LogP contribution in [0.4, 0.5) is 0 Å². The first-order chi connectivity index (χ1) is 7.74. The lowest BCUT2D eigenvalue weighted by Gasteiger charge is -2.14. The molecule has 16 heavy (non-hydrogen) atoms. The van der Waals surface area contributed by atoms with Crippen molar-refractivity contribution < 1.29 is 9.84 Å². The molecule has 1 aromatic carbocycles. The van der Waals surface area contributed by atoms with Gasteiger partial charge in [-0.05, 0) is 37.6 Å². The first-order valence-electron chi connectivity index (χ1n) is 5.85. The number of aliphatic hydroxyl groups is 1. The van der Waals surface area contributed by atoms with Gasteiger partial charge in [-0.3, -0.25) is 0 Å². The Morgan fingerprint density at radius 1 is 1.50 bits per heavy atom. The van der Waals surface area contributed by atoms with Crippen LogP contribution in [0, 0.1) is 0 Å². The SMILES string of the molecule is CCc1ccc2c(c1)[C@H](O)C[C@H](NC)CO2. The lowest BCUT2D eigenvalue weighted by atomic mass is 10.00. The van der Waals surface area contributed by atoms with Gasteiger partial charge < -0.3 is 15.2 Å². The minimum absolute atomic E-state index is 0.215. The van der Waals surface area contributed by atoms with Crippen molar-refractivity contribution in [1.82, 2.24) is 5.32 Å². The Labute approximate surface area is 96.4 Å². The molecule has 0 aromatic heterocycles. The van der Waals surface area contributed by atoms with Gasteiger partial charge in [0.05, 0.1) is 6.10 Å². The highest BCUT2D eigenvalue weighted by molar-refractivity contribution is 5.39. The van der Waals surface area contributed by atoms with E-state index < -0.39 is 6.10 Å². The monoisotopic (exact) mass is 221 g/mol. The van der Waals surface area contributed by atoms with Crippen LogP contribution in [-0.4, -0.2) is 24.8 Å². The number of nitrogens with one attached hydrogen (secondary N) is 1. The maximum atomic E-state index is 10.1. The van der Waals surface area contributed by atoms with E-state index in [2.05, 4.69) is 24.4 Å². The molecule has 0 unspecified atom stereocenters. The van der Waals surface area contributed by atoms with Crippen molar-refractivity contribution >= 4 is 0 Å². The zero-order chi connectivity index (χ0) is 11.5. The number of benzene rings is 1. The number of ether oxygens (including phenoxy) is 1. The third-order valence-corrected chi connectivity index (χ3v) is 3.20. The van der Waals surface area contributed by atoms with Gasteiger partial charge in [-0.1, -0.05) is 13.0 Å². The van der Waals surface area contributed by atoms with E-state index >= 15 is 0 Å². The van der Waals surface area contributed by atoms with E-state index in [0.29, 0.717) is 13.0 Å². The highest BCUT2D eigenvalue weighted by Gasteiger charge is 2.23. The third kappa shape index (κ3) is 2.20. The summed E-state index contributed by atoms with van der Waals surface area (Å²) in [6, 6.07) is 6.30. The van der Waals surface area contributed by atoms with Gasteiger partial charge >= 0.3 is 0 Å². The molecular weight excluding hydrogens is 202 g/mol. The van der Waals surface area contributed by atoms with Gasteiger partial charge in [-0.2, -0.15) is 0 Å². The lowest BCUT2D eigenvalue weighted by Crippen LogP contribution is -2.31. The van der Waals surface area contributed by atoms with Crippen LogP contribution in [-0.2, 0) is 6.42 Å². The molecule has 1 aliphatic heterocycles. The molecule has 1 aliphatic rings. The van der Waals surface area contributed by atoms with Gasteiger partial charge in [-0.15, -0.1) is 0 Å². The van der Waals surface area contributed by atoms with Crippen molar-refractivity contribution in [1.29, 1.82) is 0 Å². The summed E-state index contributed by atoms with van der Waals surface area (Å²) in [5.74, 6) is 0.822. The Hall–Kier alpha value is -1.06. The summed E-state index contributed by atoms with van der Waals surface area (Å²) in [5, 5.41) is 13.3. The maximum Gasteiger partial charge on any atom is 0.125 e. The maximum absolute atomic E-state index is 10.1. The molecule has 3 nitrogen and oxygen atoms in total. The highest BCUT2D eigenvalue weighted by Crippen LogP contribution is 2.32. The van der Waals surface area contributed by atoms with Gasteiger partial charge in [0.15, 0.2) is 0 Å². The molecule has 88 valence electrons. The van der Waals surface area contributed by atoms with Gasteiger partial charge in [0.1, 0.15) is 12.4 Å². The number of hydrogen-bond acceptors (Lipinski definition) is 3. The first kappa shape index (κ1) is 11.4. The molecule has 0 spiro atoms. The molecule has 0 radical (unpaired) electrons. The minimum Gasteiger partial charge on any atom is -0.492 e. The Morgan fingerprint density at radius 3 is 3.00 bits per heavy atom. The molecule has 0 bridgehead atoms. The highest BCUT2D eigenvalue weighted by atomic mass is 16.5. The number of rotatable bonds is 2. The van der Waals surface area contributed by atoms with Gasteiger partial charge in [0, 0.05) is 11.6 Å². The fourth-order valence-corrected chi connectivity index (χ4v) is 2.07. The average molecular weight is 221 g/mol. The van der Waals surface area contributed by atoms with Crippen molar-refractivity contribution in [3.63, 3.8) is 0 Å². The smallest absolute Gasteiger partial charge is 0.125 e. The number of aryl methyl sites for hydroxylation is 1. The second-order valence-electron chi connectivity index (χ2n) is 4.27. The van der Waals surface area contributed by atoms with E-state index in [1.54, 1.807) is 0 Å². The molecule has 0 aliphatic carbocycles. The predicted molar refractivity (Wildman–Crippen MR) is 63.7 cm³/mol. The van der Waals surface area contributed by atoms with Crippen molar-refractivity contribution in [2.75, 3.05) is 13.7 Å². The molecule has 0 saturated carbocycles. The molecule has 0 saturated heterocycles. The Bertz CT molecular complexity index is 365. The van der Waals surface area contributed by atoms with Crippen molar-refractivity contribution in [2.24, 2.45) is 0 Å². The van der Waals surface area contributed by atoms with E-state index in [1.807, 2.05) is 13.1 Å². The van der Waals surface area contributed by atoms with Gasteiger partial charge in [0.2, 0.25) is 0 Å². The number of hydrogen-bond donors (Lipinski definition) is 2. The van der Waals surface area contributed by atoms with Crippen LogP contribution in [0.15, 0.2) is 18.2 Å². The van der Waals surface area contributed by atoms with Crippen molar-refractivity contribution in [3.8, 4) is 5.75 Å². The van der Waals surface area contributed by atoms with Crippen molar-refractivity contribution in [3.05, 3.63) is 29.3 Å².